The molecule has 0 aromatic heterocycles. The van der Waals surface area contributed by atoms with Gasteiger partial charge in [-0.15, -0.1) is 0 Å². The molecule has 2 heteroatoms. The molecule has 1 rings (SSSR count). The van der Waals surface area contributed by atoms with Gasteiger partial charge in [0, 0.05) is 18.7 Å². The van der Waals surface area contributed by atoms with Crippen LogP contribution in [0.25, 0.3) is 0 Å². The molecule has 0 aliphatic rings. The topological polar surface area (TPSA) is 35.2 Å². The minimum atomic E-state index is 0.199. The molecular formula is C11H17NO. The Morgan fingerprint density at radius 2 is 1.85 bits per heavy atom. The largest absolute Gasteiger partial charge is 0.398 e. The van der Waals surface area contributed by atoms with Crippen LogP contribution in [0.4, 0.5) is 5.69 Å². The fourth-order valence-electron chi connectivity index (χ4n) is 1.38. The molecule has 1 aromatic rings. The number of hydrogen-bond donors (Lipinski definition) is 1. The standard InChI is InChI=1S/C11H17NO/c1-8(9(2)13-3)10-6-4-5-7-11(10)12/h4-9H,12H2,1-3H3/t8-,9+/m0/s1. The van der Waals surface area contributed by atoms with Crippen LogP contribution in [-0.4, -0.2) is 13.2 Å². The van der Waals surface area contributed by atoms with E-state index >= 15 is 0 Å². The first-order valence-electron chi connectivity index (χ1n) is 4.54. The van der Waals surface area contributed by atoms with E-state index in [1.165, 1.54) is 0 Å². The second-order valence-corrected chi connectivity index (χ2v) is 3.36. The highest BCUT2D eigenvalue weighted by molar-refractivity contribution is 5.48. The smallest absolute Gasteiger partial charge is 0.0609 e. The fraction of sp³-hybridized carbons (Fsp3) is 0.455. The molecule has 0 heterocycles. The molecule has 0 unspecified atom stereocenters. The summed E-state index contributed by atoms with van der Waals surface area (Å²) in [5.74, 6) is 0.339. The van der Waals surface area contributed by atoms with Crippen LogP contribution in [0.5, 0.6) is 0 Å². The van der Waals surface area contributed by atoms with Crippen LogP contribution < -0.4 is 5.73 Å². The first-order chi connectivity index (χ1) is 6.16. The zero-order valence-electron chi connectivity index (χ0n) is 8.45. The Balaban J connectivity index is 2.88. The van der Waals surface area contributed by atoms with Gasteiger partial charge in [0.1, 0.15) is 0 Å². The molecule has 72 valence electrons. The molecule has 2 N–H and O–H groups in total. The van der Waals surface area contributed by atoms with Crippen LogP contribution in [0.2, 0.25) is 0 Å². The summed E-state index contributed by atoms with van der Waals surface area (Å²) in [4.78, 5) is 0. The molecule has 0 spiro atoms. The lowest BCUT2D eigenvalue weighted by Crippen LogP contribution is -2.15. The Kier molecular flexibility index (Phi) is 3.32. The van der Waals surface area contributed by atoms with Crippen LogP contribution in [0.15, 0.2) is 24.3 Å². The van der Waals surface area contributed by atoms with Gasteiger partial charge in [0.2, 0.25) is 0 Å². The Morgan fingerprint density at radius 3 is 2.38 bits per heavy atom. The van der Waals surface area contributed by atoms with Crippen LogP contribution in [-0.2, 0) is 4.74 Å². The van der Waals surface area contributed by atoms with Crippen molar-refractivity contribution >= 4 is 5.69 Å². The third kappa shape index (κ3) is 2.22. The highest BCUT2D eigenvalue weighted by atomic mass is 16.5. The number of ether oxygens (including phenoxy) is 1. The molecule has 0 saturated heterocycles. The summed E-state index contributed by atoms with van der Waals surface area (Å²) in [6.45, 7) is 4.18. The van der Waals surface area contributed by atoms with Gasteiger partial charge < -0.3 is 10.5 Å². The highest BCUT2D eigenvalue weighted by Crippen LogP contribution is 2.25. The fourth-order valence-corrected chi connectivity index (χ4v) is 1.38. The van der Waals surface area contributed by atoms with Crippen molar-refractivity contribution in [2.24, 2.45) is 0 Å². The number of rotatable bonds is 3. The third-order valence-corrected chi connectivity index (χ3v) is 2.56. The number of benzene rings is 1. The molecule has 1 aromatic carbocycles. The summed E-state index contributed by atoms with van der Waals surface area (Å²) in [7, 11) is 1.72. The SMILES string of the molecule is CO[C@H](C)[C@H](C)c1ccccc1N. The molecule has 0 saturated carbocycles. The lowest BCUT2D eigenvalue weighted by Gasteiger charge is -2.20. The number of methoxy groups -OCH3 is 1. The number of anilines is 1. The van der Waals surface area contributed by atoms with Crippen LogP contribution >= 0.6 is 0 Å². The van der Waals surface area contributed by atoms with Gasteiger partial charge in [-0.25, -0.2) is 0 Å². The van der Waals surface area contributed by atoms with Crippen molar-refractivity contribution in [2.45, 2.75) is 25.9 Å². The Labute approximate surface area is 79.7 Å². The van der Waals surface area contributed by atoms with Crippen LogP contribution in [0.1, 0.15) is 25.3 Å². The minimum Gasteiger partial charge on any atom is -0.398 e. The van der Waals surface area contributed by atoms with E-state index < -0.39 is 0 Å². The number of nitrogen functional groups attached to an aromatic ring is 1. The molecule has 0 aliphatic carbocycles. The molecule has 2 nitrogen and oxygen atoms in total. The third-order valence-electron chi connectivity index (χ3n) is 2.56. The van der Waals surface area contributed by atoms with Crippen LogP contribution in [0.3, 0.4) is 0 Å². The van der Waals surface area contributed by atoms with E-state index in [-0.39, 0.29) is 6.10 Å². The van der Waals surface area contributed by atoms with Gasteiger partial charge in [-0.3, -0.25) is 0 Å². The van der Waals surface area contributed by atoms with Gasteiger partial charge in [0.15, 0.2) is 0 Å². The van der Waals surface area contributed by atoms with Gasteiger partial charge in [-0.05, 0) is 18.6 Å². The van der Waals surface area contributed by atoms with Gasteiger partial charge in [0.05, 0.1) is 6.10 Å². The van der Waals surface area contributed by atoms with E-state index in [0.29, 0.717) is 5.92 Å². The second kappa shape index (κ2) is 4.28. The zero-order chi connectivity index (χ0) is 9.84. The van der Waals surface area contributed by atoms with Crippen molar-refractivity contribution in [2.75, 3.05) is 12.8 Å². The predicted molar refractivity (Wildman–Crippen MR) is 55.7 cm³/mol. The van der Waals surface area contributed by atoms with E-state index in [4.69, 9.17) is 10.5 Å². The normalized spacial score (nSPS) is 15.3. The molecule has 2 atom stereocenters. The summed E-state index contributed by atoms with van der Waals surface area (Å²) in [5, 5.41) is 0. The average molecular weight is 179 g/mol. The Bertz CT molecular complexity index is 273. The summed E-state index contributed by atoms with van der Waals surface area (Å²) in [5.41, 5.74) is 7.87. The van der Waals surface area contributed by atoms with Gasteiger partial charge >= 0.3 is 0 Å². The molecule has 0 radical (unpaired) electrons. The molecule has 0 fully saturated rings. The molecule has 13 heavy (non-hydrogen) atoms. The monoisotopic (exact) mass is 179 g/mol. The number of para-hydroxylation sites is 1. The van der Waals surface area contributed by atoms with Crippen LogP contribution in [0, 0.1) is 0 Å². The Morgan fingerprint density at radius 1 is 1.23 bits per heavy atom. The number of hydrogen-bond acceptors (Lipinski definition) is 2. The lowest BCUT2D eigenvalue weighted by molar-refractivity contribution is 0.0992. The minimum absolute atomic E-state index is 0.199. The molecule has 0 amide bonds. The predicted octanol–water partition coefficient (Wildman–Crippen LogP) is 2.41. The lowest BCUT2D eigenvalue weighted by atomic mass is 9.95. The molecule has 0 bridgehead atoms. The van der Waals surface area contributed by atoms with Crippen molar-refractivity contribution in [3.63, 3.8) is 0 Å². The van der Waals surface area contributed by atoms with Crippen molar-refractivity contribution < 1.29 is 4.74 Å². The van der Waals surface area contributed by atoms with Gasteiger partial charge in [-0.1, -0.05) is 25.1 Å². The van der Waals surface area contributed by atoms with E-state index in [1.807, 2.05) is 18.2 Å². The van der Waals surface area contributed by atoms with Gasteiger partial charge in [0.25, 0.3) is 0 Å². The molecular weight excluding hydrogens is 162 g/mol. The summed E-state index contributed by atoms with van der Waals surface area (Å²) in [6.07, 6.45) is 0.199. The first kappa shape index (κ1) is 10.1. The van der Waals surface area contributed by atoms with Crippen molar-refractivity contribution in [3.05, 3.63) is 29.8 Å². The first-order valence-corrected chi connectivity index (χ1v) is 4.54. The van der Waals surface area contributed by atoms with Gasteiger partial charge in [-0.2, -0.15) is 0 Å². The van der Waals surface area contributed by atoms with Crippen molar-refractivity contribution in [3.8, 4) is 0 Å². The molecule has 0 aliphatic heterocycles. The highest BCUT2D eigenvalue weighted by Gasteiger charge is 2.15. The summed E-state index contributed by atoms with van der Waals surface area (Å²) in [6, 6.07) is 7.93. The zero-order valence-corrected chi connectivity index (χ0v) is 8.45. The van der Waals surface area contributed by atoms with Crippen molar-refractivity contribution in [1.29, 1.82) is 0 Å². The van der Waals surface area contributed by atoms with Crippen molar-refractivity contribution in [1.82, 2.24) is 0 Å². The quantitative estimate of drug-likeness (QED) is 0.723. The van der Waals surface area contributed by atoms with E-state index in [1.54, 1.807) is 7.11 Å². The maximum atomic E-state index is 5.86. The maximum absolute atomic E-state index is 5.86. The van der Waals surface area contributed by atoms with E-state index in [9.17, 15) is 0 Å². The van der Waals surface area contributed by atoms with E-state index in [2.05, 4.69) is 19.9 Å². The Hall–Kier alpha value is -1.02. The number of nitrogens with two attached hydrogens (primary N) is 1. The maximum Gasteiger partial charge on any atom is 0.0609 e. The summed E-state index contributed by atoms with van der Waals surface area (Å²) < 4.78 is 5.27. The second-order valence-electron chi connectivity index (χ2n) is 3.36. The van der Waals surface area contributed by atoms with E-state index in [0.717, 1.165) is 11.3 Å². The average Bonchev–Trinajstić information content (AvgIpc) is 2.16. The summed E-state index contributed by atoms with van der Waals surface area (Å²) >= 11 is 0.